The Morgan fingerprint density at radius 3 is 2.45 bits per heavy atom. The van der Waals surface area contributed by atoms with Crippen LogP contribution in [-0.4, -0.2) is 28.2 Å². The van der Waals surface area contributed by atoms with Crippen LogP contribution < -0.4 is 0 Å². The van der Waals surface area contributed by atoms with Crippen LogP contribution in [0.3, 0.4) is 0 Å². The van der Waals surface area contributed by atoms with E-state index in [2.05, 4.69) is 41.2 Å². The number of aldehydes is 1. The molecule has 10 atom stereocenters. The lowest BCUT2D eigenvalue weighted by Gasteiger charge is -2.52. The van der Waals surface area contributed by atoms with Crippen molar-refractivity contribution in [1.29, 1.82) is 0 Å². The third kappa shape index (κ3) is 3.31. The van der Waals surface area contributed by atoms with E-state index in [0.29, 0.717) is 36.0 Å². The number of hydrogen-bond donors (Lipinski definition) is 2. The summed E-state index contributed by atoms with van der Waals surface area (Å²) in [4.78, 5) is 12.5. The summed E-state index contributed by atoms with van der Waals surface area (Å²) in [6, 6.07) is 0. The average molecular weight is 431 g/mol. The van der Waals surface area contributed by atoms with E-state index in [1.165, 1.54) is 31.3 Å². The maximum absolute atomic E-state index is 12.5. The topological polar surface area (TPSA) is 57.5 Å². The number of hydrogen-bond acceptors (Lipinski definition) is 3. The highest BCUT2D eigenvalue weighted by molar-refractivity contribution is 5.59. The summed E-state index contributed by atoms with van der Waals surface area (Å²) < 4.78 is 0. The zero-order valence-corrected chi connectivity index (χ0v) is 20.6. The van der Waals surface area contributed by atoms with E-state index in [4.69, 9.17) is 0 Å². The summed E-state index contributed by atoms with van der Waals surface area (Å²) in [5.74, 6) is 2.80. The van der Waals surface area contributed by atoms with Crippen LogP contribution in [0.4, 0.5) is 0 Å². The lowest BCUT2D eigenvalue weighted by molar-refractivity contribution is -0.156. The molecule has 0 aromatic carbocycles. The molecule has 176 valence electrons. The molecule has 0 radical (unpaired) electrons. The molecule has 0 saturated heterocycles. The summed E-state index contributed by atoms with van der Waals surface area (Å²) in [6.07, 6.45) is 9.70. The fraction of sp³-hybridized carbons (Fsp3) is 0.893. The summed E-state index contributed by atoms with van der Waals surface area (Å²) >= 11 is 0. The van der Waals surface area contributed by atoms with Gasteiger partial charge in [-0.3, -0.25) is 0 Å². The first-order valence-corrected chi connectivity index (χ1v) is 13.0. The van der Waals surface area contributed by atoms with Gasteiger partial charge in [-0.25, -0.2) is 0 Å². The minimum atomic E-state index is -1.04. The van der Waals surface area contributed by atoms with E-state index < -0.39 is 11.7 Å². The Morgan fingerprint density at radius 2 is 1.81 bits per heavy atom. The van der Waals surface area contributed by atoms with E-state index in [-0.39, 0.29) is 22.7 Å². The van der Waals surface area contributed by atoms with Crippen molar-refractivity contribution in [1.82, 2.24) is 0 Å². The van der Waals surface area contributed by atoms with Crippen molar-refractivity contribution in [3.05, 3.63) is 12.2 Å². The highest BCUT2D eigenvalue weighted by Crippen LogP contribution is 2.72. The minimum Gasteiger partial charge on any atom is -0.393 e. The molecular weight excluding hydrogens is 384 g/mol. The van der Waals surface area contributed by atoms with Crippen LogP contribution in [0.1, 0.15) is 92.4 Å². The fourth-order valence-corrected chi connectivity index (χ4v) is 9.24. The molecule has 0 aromatic heterocycles. The van der Waals surface area contributed by atoms with E-state index in [1.54, 1.807) is 0 Å². The van der Waals surface area contributed by atoms with E-state index in [0.717, 1.165) is 32.0 Å². The van der Waals surface area contributed by atoms with Gasteiger partial charge in [0.05, 0.1) is 11.7 Å². The smallest absolute Gasteiger partial charge is 0.126 e. The molecular formula is C28H46O3. The van der Waals surface area contributed by atoms with Gasteiger partial charge in [-0.05, 0) is 92.3 Å². The molecule has 3 nitrogen and oxygen atoms in total. The van der Waals surface area contributed by atoms with Gasteiger partial charge >= 0.3 is 0 Å². The summed E-state index contributed by atoms with van der Waals surface area (Å²) in [7, 11) is 0. The first-order valence-electron chi connectivity index (χ1n) is 13.0. The van der Waals surface area contributed by atoms with Crippen molar-refractivity contribution in [2.45, 2.75) is 104 Å². The molecule has 0 aliphatic heterocycles. The van der Waals surface area contributed by atoms with Crippen LogP contribution in [0.15, 0.2) is 12.2 Å². The second kappa shape index (κ2) is 7.97. The predicted molar refractivity (Wildman–Crippen MR) is 125 cm³/mol. The molecule has 0 bridgehead atoms. The Labute approximate surface area is 190 Å². The lowest BCUT2D eigenvalue weighted by Crippen LogP contribution is -2.54. The Morgan fingerprint density at radius 1 is 1.10 bits per heavy atom. The van der Waals surface area contributed by atoms with Gasteiger partial charge in [0.2, 0.25) is 0 Å². The summed E-state index contributed by atoms with van der Waals surface area (Å²) in [5, 5.41) is 22.3. The molecule has 4 rings (SSSR count). The van der Waals surface area contributed by atoms with Gasteiger partial charge in [0.15, 0.2) is 0 Å². The average Bonchev–Trinajstić information content (AvgIpc) is 3.15. The molecule has 4 aliphatic carbocycles. The van der Waals surface area contributed by atoms with Gasteiger partial charge < -0.3 is 15.0 Å². The highest BCUT2D eigenvalue weighted by Gasteiger charge is 2.72. The van der Waals surface area contributed by atoms with Gasteiger partial charge in [0.1, 0.15) is 6.29 Å². The first-order chi connectivity index (χ1) is 14.5. The van der Waals surface area contributed by atoms with E-state index >= 15 is 0 Å². The first kappa shape index (κ1) is 23.5. The van der Waals surface area contributed by atoms with Gasteiger partial charge in [-0.15, -0.1) is 0 Å². The van der Waals surface area contributed by atoms with Crippen molar-refractivity contribution in [2.75, 3.05) is 0 Å². The standard InChI is InChI=1S/C28H46O3/c1-17(2)18(3)7-8-19(4)21-9-10-22-25-23(12-13-26(21,22)5)27(6)14-11-20(30)15-28(27,31)24(25)16-29/h16-17,19-25,30-31H,3,7-15H2,1-2,4-6H3/t19?,20-,21+,22?,23?,24+,25?,26?,27?,28+/m0/s1. The number of carbonyl (C=O) groups is 1. The maximum Gasteiger partial charge on any atom is 0.126 e. The molecule has 2 N–H and O–H groups in total. The summed E-state index contributed by atoms with van der Waals surface area (Å²) in [6.45, 7) is 15.9. The predicted octanol–water partition coefficient (Wildman–Crippen LogP) is 5.78. The zero-order valence-electron chi connectivity index (χ0n) is 20.6. The van der Waals surface area contributed by atoms with Crippen LogP contribution in [0.2, 0.25) is 0 Å². The molecule has 4 aliphatic rings. The van der Waals surface area contributed by atoms with Crippen molar-refractivity contribution < 1.29 is 15.0 Å². The zero-order chi connectivity index (χ0) is 22.8. The molecule has 0 aromatic rings. The van der Waals surface area contributed by atoms with Crippen molar-refractivity contribution in [3.8, 4) is 0 Å². The van der Waals surface area contributed by atoms with Crippen LogP contribution in [-0.2, 0) is 4.79 Å². The molecule has 31 heavy (non-hydrogen) atoms. The van der Waals surface area contributed by atoms with Crippen molar-refractivity contribution in [3.63, 3.8) is 0 Å². The van der Waals surface area contributed by atoms with Crippen LogP contribution >= 0.6 is 0 Å². The Bertz CT molecular complexity index is 715. The number of allylic oxidation sites excluding steroid dienone is 1. The molecule has 4 fully saturated rings. The monoisotopic (exact) mass is 430 g/mol. The number of aliphatic hydroxyl groups excluding tert-OH is 1. The molecule has 4 saturated carbocycles. The third-order valence-electron chi connectivity index (χ3n) is 11.3. The van der Waals surface area contributed by atoms with Gasteiger partial charge in [0.25, 0.3) is 0 Å². The Balaban J connectivity index is 1.59. The molecule has 6 unspecified atom stereocenters. The molecule has 3 heteroatoms. The van der Waals surface area contributed by atoms with E-state index in [1.807, 2.05) is 0 Å². The maximum atomic E-state index is 12.5. The number of aliphatic hydroxyl groups is 2. The Hall–Kier alpha value is -0.670. The normalized spacial score (nSPS) is 49.9. The summed E-state index contributed by atoms with van der Waals surface area (Å²) in [5.41, 5.74) is 0.360. The van der Waals surface area contributed by atoms with Gasteiger partial charge in [-0.2, -0.15) is 0 Å². The number of carbonyl (C=O) groups excluding carboxylic acids is 1. The van der Waals surface area contributed by atoms with Crippen LogP contribution in [0.25, 0.3) is 0 Å². The van der Waals surface area contributed by atoms with Crippen LogP contribution in [0.5, 0.6) is 0 Å². The van der Waals surface area contributed by atoms with Crippen LogP contribution in [0, 0.1) is 52.3 Å². The third-order valence-corrected chi connectivity index (χ3v) is 11.3. The fourth-order valence-electron chi connectivity index (χ4n) is 9.24. The quantitative estimate of drug-likeness (QED) is 0.414. The van der Waals surface area contributed by atoms with Crippen molar-refractivity contribution in [2.24, 2.45) is 52.3 Å². The van der Waals surface area contributed by atoms with E-state index in [9.17, 15) is 15.0 Å². The van der Waals surface area contributed by atoms with Gasteiger partial charge in [0, 0.05) is 17.8 Å². The second-order valence-electron chi connectivity index (χ2n) is 12.7. The Kier molecular flexibility index (Phi) is 6.04. The SMILES string of the molecule is C=C(CCC(C)[C@H]1CCC2C3C(CCC21C)C1(C)CC[C@H](O)C[C@@]1(O)[C@@H]3C=O)C(C)C. The van der Waals surface area contributed by atoms with Crippen molar-refractivity contribution >= 4 is 6.29 Å². The highest BCUT2D eigenvalue weighted by atomic mass is 16.3. The largest absolute Gasteiger partial charge is 0.393 e. The minimum absolute atomic E-state index is 0.234. The molecule has 0 spiro atoms. The van der Waals surface area contributed by atoms with Gasteiger partial charge in [-0.1, -0.05) is 46.8 Å². The number of rotatable bonds is 6. The molecule has 0 amide bonds. The lowest BCUT2D eigenvalue weighted by atomic mass is 9.53. The molecule has 0 heterocycles. The number of fused-ring (bicyclic) bond motifs is 5. The second-order valence-corrected chi connectivity index (χ2v) is 12.7.